The quantitative estimate of drug-likeness (QED) is 0.544. The van der Waals surface area contributed by atoms with Crippen LogP contribution in [0.15, 0.2) is 36.4 Å². The van der Waals surface area contributed by atoms with Crippen LogP contribution >= 0.6 is 11.6 Å². The number of tetrazole rings is 1. The van der Waals surface area contributed by atoms with Crippen LogP contribution in [0.1, 0.15) is 34.8 Å². The highest BCUT2D eigenvalue weighted by Crippen LogP contribution is 2.39. The fraction of sp³-hybridized carbons (Fsp3) is 0.348. The fourth-order valence-electron chi connectivity index (χ4n) is 4.25. The van der Waals surface area contributed by atoms with Crippen molar-refractivity contribution in [2.75, 3.05) is 32.8 Å². The largest absolute Gasteiger partial charge is 0.486 e. The zero-order chi connectivity index (χ0) is 24.7. The Balaban J connectivity index is 1.31. The SMILES string of the molecule is CC1(C)CN(C(=O)c2cc(Cl)c3c(c2)OCCO3)CCN1C(=O)c1nnn(-c2cccc(F)c2)n1. The van der Waals surface area contributed by atoms with Crippen molar-refractivity contribution in [3.63, 3.8) is 0 Å². The molecule has 2 aliphatic heterocycles. The number of carbonyl (C=O) groups is 2. The molecule has 1 saturated heterocycles. The lowest BCUT2D eigenvalue weighted by Crippen LogP contribution is -2.62. The number of hydrogen-bond donors (Lipinski definition) is 0. The maximum absolute atomic E-state index is 13.5. The summed E-state index contributed by atoms with van der Waals surface area (Å²) in [4.78, 5) is 30.8. The van der Waals surface area contributed by atoms with E-state index >= 15 is 0 Å². The Morgan fingerprint density at radius 2 is 1.89 bits per heavy atom. The third kappa shape index (κ3) is 4.39. The molecule has 0 spiro atoms. The number of amides is 2. The van der Waals surface area contributed by atoms with Crippen molar-refractivity contribution in [3.05, 3.63) is 58.6 Å². The number of rotatable bonds is 3. The van der Waals surface area contributed by atoms with Gasteiger partial charge in [0.1, 0.15) is 19.0 Å². The van der Waals surface area contributed by atoms with E-state index in [1.54, 1.807) is 28.0 Å². The molecule has 0 bridgehead atoms. The molecule has 3 heterocycles. The average Bonchev–Trinajstić information content (AvgIpc) is 3.33. The molecule has 0 aliphatic carbocycles. The van der Waals surface area contributed by atoms with Crippen LogP contribution in [0.25, 0.3) is 5.69 Å². The van der Waals surface area contributed by atoms with Gasteiger partial charge in [0, 0.05) is 31.3 Å². The lowest BCUT2D eigenvalue weighted by Gasteiger charge is -2.46. The van der Waals surface area contributed by atoms with Crippen LogP contribution in [-0.2, 0) is 0 Å². The number of benzene rings is 2. The second-order valence-electron chi connectivity index (χ2n) is 8.86. The van der Waals surface area contributed by atoms with Crippen molar-refractivity contribution in [2.24, 2.45) is 0 Å². The molecule has 182 valence electrons. The monoisotopic (exact) mass is 500 g/mol. The molecule has 10 nitrogen and oxygen atoms in total. The minimum absolute atomic E-state index is 0.110. The molecular weight excluding hydrogens is 479 g/mol. The lowest BCUT2D eigenvalue weighted by molar-refractivity contribution is 0.0160. The molecular formula is C23H22ClFN6O4. The van der Waals surface area contributed by atoms with Crippen molar-refractivity contribution in [3.8, 4) is 17.2 Å². The summed E-state index contributed by atoms with van der Waals surface area (Å²) < 4.78 is 24.6. The molecule has 2 aromatic carbocycles. The minimum atomic E-state index is -0.715. The predicted octanol–water partition coefficient (Wildman–Crippen LogP) is 2.60. The summed E-state index contributed by atoms with van der Waals surface area (Å²) in [6.45, 7) is 5.35. The van der Waals surface area contributed by atoms with E-state index in [9.17, 15) is 14.0 Å². The van der Waals surface area contributed by atoms with E-state index in [1.165, 1.54) is 18.2 Å². The predicted molar refractivity (Wildman–Crippen MR) is 123 cm³/mol. The zero-order valence-electron chi connectivity index (χ0n) is 19.1. The highest BCUT2D eigenvalue weighted by Gasteiger charge is 2.40. The first kappa shape index (κ1) is 23.0. The van der Waals surface area contributed by atoms with Gasteiger partial charge >= 0.3 is 0 Å². The molecule has 12 heteroatoms. The van der Waals surface area contributed by atoms with Crippen LogP contribution in [0, 0.1) is 5.82 Å². The van der Waals surface area contributed by atoms with E-state index in [0.29, 0.717) is 47.5 Å². The van der Waals surface area contributed by atoms with Crippen molar-refractivity contribution < 1.29 is 23.5 Å². The molecule has 0 saturated carbocycles. The zero-order valence-corrected chi connectivity index (χ0v) is 19.8. The number of ether oxygens (including phenoxy) is 2. The minimum Gasteiger partial charge on any atom is -0.486 e. The van der Waals surface area contributed by atoms with Gasteiger partial charge in [-0.2, -0.15) is 0 Å². The molecule has 1 fully saturated rings. The molecule has 0 atom stereocenters. The maximum Gasteiger partial charge on any atom is 0.296 e. The van der Waals surface area contributed by atoms with Gasteiger partial charge in [0.2, 0.25) is 0 Å². The van der Waals surface area contributed by atoms with E-state index in [-0.39, 0.29) is 24.8 Å². The molecule has 0 radical (unpaired) electrons. The van der Waals surface area contributed by atoms with Crippen molar-refractivity contribution in [2.45, 2.75) is 19.4 Å². The smallest absolute Gasteiger partial charge is 0.296 e. The number of carbonyl (C=O) groups excluding carboxylic acids is 2. The van der Waals surface area contributed by atoms with Gasteiger partial charge in [-0.25, -0.2) is 4.39 Å². The average molecular weight is 501 g/mol. The number of piperazine rings is 1. The topological polar surface area (TPSA) is 103 Å². The Labute approximate surface area is 205 Å². The Bertz CT molecular complexity index is 1310. The molecule has 2 amide bonds. The number of hydrogen-bond acceptors (Lipinski definition) is 7. The van der Waals surface area contributed by atoms with Gasteiger partial charge in [-0.05, 0) is 43.3 Å². The molecule has 5 rings (SSSR count). The van der Waals surface area contributed by atoms with Gasteiger partial charge in [-0.1, -0.05) is 17.7 Å². The second kappa shape index (κ2) is 8.81. The van der Waals surface area contributed by atoms with Crippen LogP contribution < -0.4 is 9.47 Å². The summed E-state index contributed by atoms with van der Waals surface area (Å²) in [7, 11) is 0. The first-order valence-electron chi connectivity index (χ1n) is 11.0. The van der Waals surface area contributed by atoms with Gasteiger partial charge in [-0.15, -0.1) is 15.0 Å². The summed E-state index contributed by atoms with van der Waals surface area (Å²) in [5.74, 6) is -0.336. The number of nitrogens with zero attached hydrogens (tertiary/aromatic N) is 6. The van der Waals surface area contributed by atoms with Crippen LogP contribution in [-0.4, -0.2) is 80.2 Å². The Morgan fingerprint density at radius 3 is 2.66 bits per heavy atom. The molecule has 35 heavy (non-hydrogen) atoms. The third-order valence-electron chi connectivity index (χ3n) is 5.92. The number of halogens is 2. The molecule has 0 N–H and O–H groups in total. The standard InChI is InChI=1S/C23H22ClFN6O4/c1-23(2)13-29(21(32)14-10-17(24)19-18(11-14)34-8-9-35-19)6-7-30(23)22(33)20-26-28-31(27-20)16-5-3-4-15(25)12-16/h3-5,10-12H,6-9,13H2,1-2H3. The normalized spacial score (nSPS) is 16.8. The van der Waals surface area contributed by atoms with Crippen LogP contribution in [0.5, 0.6) is 11.5 Å². The Hall–Kier alpha value is -3.73. The van der Waals surface area contributed by atoms with Gasteiger partial charge in [-0.3, -0.25) is 9.59 Å². The summed E-state index contributed by atoms with van der Waals surface area (Å²) in [5, 5.41) is 12.2. The molecule has 2 aliphatic rings. The van der Waals surface area contributed by atoms with Gasteiger partial charge in [0.15, 0.2) is 11.5 Å². The number of fused-ring (bicyclic) bond motifs is 1. The molecule has 0 unspecified atom stereocenters. The van der Waals surface area contributed by atoms with Crippen molar-refractivity contribution in [1.29, 1.82) is 0 Å². The van der Waals surface area contributed by atoms with Crippen molar-refractivity contribution in [1.82, 2.24) is 30.0 Å². The van der Waals surface area contributed by atoms with Crippen LogP contribution in [0.4, 0.5) is 4.39 Å². The molecule has 1 aromatic heterocycles. The van der Waals surface area contributed by atoms with Gasteiger partial charge in [0.25, 0.3) is 17.6 Å². The first-order chi connectivity index (χ1) is 16.7. The highest BCUT2D eigenvalue weighted by atomic mass is 35.5. The summed E-state index contributed by atoms with van der Waals surface area (Å²) in [6, 6.07) is 8.86. The fourth-order valence-corrected chi connectivity index (χ4v) is 4.52. The van der Waals surface area contributed by atoms with E-state index in [4.69, 9.17) is 21.1 Å². The van der Waals surface area contributed by atoms with Gasteiger partial charge in [0.05, 0.1) is 16.2 Å². The van der Waals surface area contributed by atoms with Crippen molar-refractivity contribution >= 4 is 23.4 Å². The molecule has 3 aromatic rings. The summed E-state index contributed by atoms with van der Waals surface area (Å²) >= 11 is 6.30. The third-order valence-corrected chi connectivity index (χ3v) is 6.20. The Kier molecular flexibility index (Phi) is 5.79. The van der Waals surface area contributed by atoms with E-state index < -0.39 is 17.3 Å². The highest BCUT2D eigenvalue weighted by molar-refractivity contribution is 6.32. The van der Waals surface area contributed by atoms with Gasteiger partial charge < -0.3 is 19.3 Å². The second-order valence-corrected chi connectivity index (χ2v) is 9.27. The van der Waals surface area contributed by atoms with E-state index in [0.717, 1.165) is 4.80 Å². The Morgan fingerprint density at radius 1 is 1.09 bits per heavy atom. The maximum atomic E-state index is 13.5. The van der Waals surface area contributed by atoms with Crippen LogP contribution in [0.2, 0.25) is 5.02 Å². The summed E-state index contributed by atoms with van der Waals surface area (Å²) in [6.07, 6.45) is 0. The van der Waals surface area contributed by atoms with Crippen LogP contribution in [0.3, 0.4) is 0 Å². The first-order valence-corrected chi connectivity index (χ1v) is 11.4. The van der Waals surface area contributed by atoms with E-state index in [1.807, 2.05) is 13.8 Å². The van der Waals surface area contributed by atoms with E-state index in [2.05, 4.69) is 15.4 Å². The summed E-state index contributed by atoms with van der Waals surface area (Å²) in [5.41, 5.74) is 0.0197. The number of aromatic nitrogens is 4. The lowest BCUT2D eigenvalue weighted by atomic mass is 9.97.